The molecule has 0 saturated carbocycles. The predicted octanol–water partition coefficient (Wildman–Crippen LogP) is 0.758. The molecule has 1 amide bonds. The van der Waals surface area contributed by atoms with Gasteiger partial charge in [0, 0.05) is 18.0 Å². The first-order valence-corrected chi connectivity index (χ1v) is 4.07. The highest BCUT2D eigenvalue weighted by atomic mass is 32.1. The smallest absolute Gasteiger partial charge is 0.224 e. The standard InChI is InChI=1S/C6H6N4OS/c1-2-5(11)8-6-4(3-7)9-10-12-6/h2H2,1H3,(H,8,11). The number of carbonyl (C=O) groups excluding carboxylic acids is 1. The molecule has 0 aromatic carbocycles. The Kier molecular flexibility index (Phi) is 2.71. The van der Waals surface area contributed by atoms with Gasteiger partial charge in [0.05, 0.1) is 0 Å². The van der Waals surface area contributed by atoms with E-state index in [2.05, 4.69) is 14.9 Å². The second kappa shape index (κ2) is 3.78. The number of hydrogen-bond acceptors (Lipinski definition) is 5. The van der Waals surface area contributed by atoms with E-state index in [1.165, 1.54) is 0 Å². The highest BCUT2D eigenvalue weighted by Crippen LogP contribution is 2.16. The van der Waals surface area contributed by atoms with Crippen molar-refractivity contribution in [2.45, 2.75) is 13.3 Å². The number of aromatic nitrogens is 2. The number of hydrogen-bond donors (Lipinski definition) is 1. The highest BCUT2D eigenvalue weighted by molar-refractivity contribution is 7.10. The number of rotatable bonds is 2. The first-order chi connectivity index (χ1) is 5.77. The molecule has 0 fully saturated rings. The Labute approximate surface area is 73.2 Å². The first kappa shape index (κ1) is 8.62. The Morgan fingerprint density at radius 2 is 2.58 bits per heavy atom. The minimum absolute atomic E-state index is 0.141. The maximum Gasteiger partial charge on any atom is 0.224 e. The number of nitrogens with zero attached hydrogens (tertiary/aromatic N) is 3. The van der Waals surface area contributed by atoms with E-state index in [4.69, 9.17) is 5.26 Å². The van der Waals surface area contributed by atoms with Crippen LogP contribution in [-0.4, -0.2) is 15.5 Å². The average molecular weight is 182 g/mol. The number of nitrogens with one attached hydrogen (secondary N) is 1. The fraction of sp³-hybridized carbons (Fsp3) is 0.333. The van der Waals surface area contributed by atoms with Gasteiger partial charge in [0.15, 0.2) is 10.7 Å². The molecule has 6 heteroatoms. The zero-order valence-corrected chi connectivity index (χ0v) is 7.18. The molecular formula is C6H6N4OS. The van der Waals surface area contributed by atoms with Crippen LogP contribution < -0.4 is 5.32 Å². The Bertz CT molecular complexity index is 327. The lowest BCUT2D eigenvalue weighted by molar-refractivity contribution is -0.115. The first-order valence-electron chi connectivity index (χ1n) is 3.30. The van der Waals surface area contributed by atoms with Gasteiger partial charge in [0.1, 0.15) is 6.07 Å². The van der Waals surface area contributed by atoms with Crippen LogP contribution in [0.1, 0.15) is 19.0 Å². The monoisotopic (exact) mass is 182 g/mol. The van der Waals surface area contributed by atoms with E-state index < -0.39 is 0 Å². The molecule has 0 saturated heterocycles. The summed E-state index contributed by atoms with van der Waals surface area (Å²) in [5.74, 6) is -0.141. The molecule has 12 heavy (non-hydrogen) atoms. The molecule has 0 aliphatic heterocycles. The van der Waals surface area contributed by atoms with Gasteiger partial charge in [-0.3, -0.25) is 4.79 Å². The maximum atomic E-state index is 10.9. The van der Waals surface area contributed by atoms with Crippen LogP contribution in [-0.2, 0) is 4.79 Å². The van der Waals surface area contributed by atoms with Crippen LogP contribution in [0, 0.1) is 11.3 Å². The van der Waals surface area contributed by atoms with Crippen LogP contribution in [0.15, 0.2) is 0 Å². The predicted molar refractivity (Wildman–Crippen MR) is 43.5 cm³/mol. The molecule has 0 unspecified atom stereocenters. The van der Waals surface area contributed by atoms with Gasteiger partial charge in [-0.1, -0.05) is 11.4 Å². The largest absolute Gasteiger partial charge is 0.314 e. The molecule has 1 aromatic heterocycles. The number of amides is 1. The van der Waals surface area contributed by atoms with Crippen LogP contribution in [0.25, 0.3) is 0 Å². The number of carbonyl (C=O) groups is 1. The molecule has 1 heterocycles. The van der Waals surface area contributed by atoms with E-state index in [1.807, 2.05) is 6.07 Å². The lowest BCUT2D eigenvalue weighted by atomic mass is 10.4. The minimum atomic E-state index is -0.141. The minimum Gasteiger partial charge on any atom is -0.314 e. The van der Waals surface area contributed by atoms with Crippen molar-refractivity contribution < 1.29 is 4.79 Å². The normalized spacial score (nSPS) is 9.00. The van der Waals surface area contributed by atoms with Gasteiger partial charge in [-0.05, 0) is 0 Å². The van der Waals surface area contributed by atoms with Crippen molar-refractivity contribution in [1.82, 2.24) is 9.59 Å². The van der Waals surface area contributed by atoms with E-state index in [1.54, 1.807) is 6.92 Å². The summed E-state index contributed by atoms with van der Waals surface area (Å²) in [5.41, 5.74) is 0.168. The van der Waals surface area contributed by atoms with Crippen molar-refractivity contribution in [3.05, 3.63) is 5.69 Å². The number of nitriles is 1. The second-order valence-electron chi connectivity index (χ2n) is 1.96. The van der Waals surface area contributed by atoms with Crippen molar-refractivity contribution in [2.75, 3.05) is 5.32 Å². The van der Waals surface area contributed by atoms with Crippen LogP contribution in [0.2, 0.25) is 0 Å². The van der Waals surface area contributed by atoms with Crippen molar-refractivity contribution in [1.29, 1.82) is 5.26 Å². The third-order valence-corrected chi connectivity index (χ3v) is 1.81. The molecule has 1 rings (SSSR count). The molecular weight excluding hydrogens is 176 g/mol. The van der Waals surface area contributed by atoms with Crippen LogP contribution >= 0.6 is 11.5 Å². The van der Waals surface area contributed by atoms with Crippen molar-refractivity contribution >= 4 is 22.4 Å². The summed E-state index contributed by atoms with van der Waals surface area (Å²) in [6.45, 7) is 1.73. The highest BCUT2D eigenvalue weighted by Gasteiger charge is 2.08. The lowest BCUT2D eigenvalue weighted by Gasteiger charge is -1.96. The Morgan fingerprint density at radius 1 is 1.83 bits per heavy atom. The average Bonchev–Trinajstić information content (AvgIpc) is 2.51. The van der Waals surface area contributed by atoms with Gasteiger partial charge in [0.2, 0.25) is 5.91 Å². The zero-order chi connectivity index (χ0) is 8.97. The van der Waals surface area contributed by atoms with E-state index in [0.717, 1.165) is 11.5 Å². The van der Waals surface area contributed by atoms with Gasteiger partial charge in [-0.15, -0.1) is 5.10 Å². The molecule has 5 nitrogen and oxygen atoms in total. The SMILES string of the molecule is CCC(=O)Nc1snnc1C#N. The van der Waals surface area contributed by atoms with Crippen molar-refractivity contribution in [3.63, 3.8) is 0 Å². The number of anilines is 1. The van der Waals surface area contributed by atoms with Gasteiger partial charge in [0.25, 0.3) is 0 Å². The molecule has 0 radical (unpaired) electrons. The van der Waals surface area contributed by atoms with Crippen molar-refractivity contribution in [2.24, 2.45) is 0 Å². The molecule has 0 spiro atoms. The summed E-state index contributed by atoms with van der Waals surface area (Å²) < 4.78 is 3.53. The summed E-state index contributed by atoms with van der Waals surface area (Å²) >= 11 is 1.00. The quantitative estimate of drug-likeness (QED) is 0.732. The van der Waals surface area contributed by atoms with E-state index in [9.17, 15) is 4.79 Å². The van der Waals surface area contributed by atoms with Crippen LogP contribution in [0.3, 0.4) is 0 Å². The van der Waals surface area contributed by atoms with E-state index >= 15 is 0 Å². The molecule has 1 aromatic rings. The Balaban J connectivity index is 2.76. The van der Waals surface area contributed by atoms with Gasteiger partial charge >= 0.3 is 0 Å². The summed E-state index contributed by atoms with van der Waals surface area (Å²) in [5, 5.41) is 15.0. The fourth-order valence-electron chi connectivity index (χ4n) is 0.561. The fourth-order valence-corrected chi connectivity index (χ4v) is 1.10. The summed E-state index contributed by atoms with van der Waals surface area (Å²) in [6, 6.07) is 1.83. The summed E-state index contributed by atoms with van der Waals surface area (Å²) in [7, 11) is 0. The summed E-state index contributed by atoms with van der Waals surface area (Å²) in [6.07, 6.45) is 0.378. The molecule has 62 valence electrons. The maximum absolute atomic E-state index is 10.9. The molecule has 0 bridgehead atoms. The van der Waals surface area contributed by atoms with Crippen LogP contribution in [0.5, 0.6) is 0 Å². The third kappa shape index (κ3) is 1.77. The lowest BCUT2D eigenvalue weighted by Crippen LogP contribution is -2.09. The van der Waals surface area contributed by atoms with Gasteiger partial charge < -0.3 is 5.32 Å². The summed E-state index contributed by atoms with van der Waals surface area (Å²) in [4.78, 5) is 10.9. The molecule has 0 aliphatic rings. The van der Waals surface area contributed by atoms with Crippen molar-refractivity contribution in [3.8, 4) is 6.07 Å². The van der Waals surface area contributed by atoms with Gasteiger partial charge in [-0.2, -0.15) is 5.26 Å². The third-order valence-electron chi connectivity index (χ3n) is 1.17. The molecule has 1 N–H and O–H groups in total. The Morgan fingerprint density at radius 3 is 3.17 bits per heavy atom. The zero-order valence-electron chi connectivity index (χ0n) is 6.37. The topological polar surface area (TPSA) is 78.7 Å². The Hall–Kier alpha value is -1.48. The molecule has 0 atom stereocenters. The van der Waals surface area contributed by atoms with E-state index in [-0.39, 0.29) is 11.6 Å². The van der Waals surface area contributed by atoms with Gasteiger partial charge in [-0.25, -0.2) is 0 Å². The van der Waals surface area contributed by atoms with E-state index in [0.29, 0.717) is 11.4 Å². The second-order valence-corrected chi connectivity index (χ2v) is 2.72. The molecule has 0 aliphatic carbocycles. The van der Waals surface area contributed by atoms with Crippen LogP contribution in [0.4, 0.5) is 5.00 Å².